The van der Waals surface area contributed by atoms with E-state index in [1.165, 1.54) is 11.3 Å². The summed E-state index contributed by atoms with van der Waals surface area (Å²) in [5.41, 5.74) is 3.43. The molecule has 1 amide bonds. The van der Waals surface area contributed by atoms with Crippen LogP contribution in [0.4, 0.5) is 0 Å². The molecule has 1 N–H and O–H groups in total. The highest BCUT2D eigenvalue weighted by Crippen LogP contribution is 2.35. The summed E-state index contributed by atoms with van der Waals surface area (Å²) in [6.45, 7) is 6.56. The molecule has 138 valence electrons. The van der Waals surface area contributed by atoms with Gasteiger partial charge >= 0.3 is 0 Å². The van der Waals surface area contributed by atoms with Crippen molar-refractivity contribution in [3.05, 3.63) is 17.0 Å². The molecule has 2 heterocycles. The molecule has 0 bridgehead atoms. The molecule has 2 aliphatic carbocycles. The molecule has 1 aromatic heterocycles. The zero-order chi connectivity index (χ0) is 17.6. The lowest BCUT2D eigenvalue weighted by molar-refractivity contribution is -0.140. The number of ether oxygens (including phenoxy) is 1. The maximum atomic E-state index is 13.3. The van der Waals surface area contributed by atoms with Gasteiger partial charge in [-0.2, -0.15) is 5.10 Å². The van der Waals surface area contributed by atoms with E-state index in [4.69, 9.17) is 4.74 Å². The van der Waals surface area contributed by atoms with E-state index in [1.807, 2.05) is 18.7 Å². The van der Waals surface area contributed by atoms with Crippen molar-refractivity contribution in [2.45, 2.75) is 70.7 Å². The molecule has 0 radical (unpaired) electrons. The first kappa shape index (κ1) is 17.0. The summed E-state index contributed by atoms with van der Waals surface area (Å²) in [5, 5.41) is 8.07. The molecule has 3 atom stereocenters. The molecule has 0 spiro atoms. The van der Waals surface area contributed by atoms with Crippen molar-refractivity contribution in [3.8, 4) is 0 Å². The average molecular weight is 346 g/mol. The van der Waals surface area contributed by atoms with Crippen LogP contribution in [-0.4, -0.2) is 51.9 Å². The van der Waals surface area contributed by atoms with Crippen molar-refractivity contribution < 1.29 is 9.53 Å². The van der Waals surface area contributed by atoms with Crippen molar-refractivity contribution in [2.24, 2.45) is 13.0 Å². The summed E-state index contributed by atoms with van der Waals surface area (Å²) in [5.74, 6) is 0.476. The lowest BCUT2D eigenvalue weighted by Crippen LogP contribution is -2.53. The maximum absolute atomic E-state index is 13.3. The van der Waals surface area contributed by atoms with E-state index < -0.39 is 0 Å². The zero-order valence-electron chi connectivity index (χ0n) is 15.6. The molecular formula is C19H30N4O2. The van der Waals surface area contributed by atoms with Gasteiger partial charge < -0.3 is 15.0 Å². The Labute approximate surface area is 149 Å². The van der Waals surface area contributed by atoms with Crippen molar-refractivity contribution in [1.82, 2.24) is 20.0 Å². The van der Waals surface area contributed by atoms with E-state index in [-0.39, 0.29) is 5.92 Å². The number of morpholine rings is 1. The van der Waals surface area contributed by atoms with Gasteiger partial charge in [0.2, 0.25) is 5.91 Å². The summed E-state index contributed by atoms with van der Waals surface area (Å²) < 4.78 is 7.79. The van der Waals surface area contributed by atoms with Crippen LogP contribution in [0, 0.1) is 19.8 Å². The number of aryl methyl sites for hydroxylation is 2. The van der Waals surface area contributed by atoms with Gasteiger partial charge in [0.1, 0.15) is 0 Å². The number of rotatable bonds is 4. The van der Waals surface area contributed by atoms with E-state index in [1.54, 1.807) is 0 Å². The Hall–Kier alpha value is -1.40. The Morgan fingerprint density at radius 3 is 2.80 bits per heavy atom. The highest BCUT2D eigenvalue weighted by molar-refractivity contribution is 5.79. The van der Waals surface area contributed by atoms with Crippen LogP contribution < -0.4 is 5.32 Å². The number of hydrogen-bond acceptors (Lipinski definition) is 4. The van der Waals surface area contributed by atoms with Gasteiger partial charge in [-0.05, 0) is 46.0 Å². The van der Waals surface area contributed by atoms with Crippen LogP contribution in [-0.2, 0) is 23.1 Å². The van der Waals surface area contributed by atoms with Crippen LogP contribution in [0.3, 0.4) is 0 Å². The number of carbonyl (C=O) groups excluding carboxylic acids is 1. The van der Waals surface area contributed by atoms with E-state index in [2.05, 4.69) is 22.2 Å². The molecule has 0 unspecified atom stereocenters. The minimum atomic E-state index is 0.133. The second kappa shape index (κ2) is 6.72. The van der Waals surface area contributed by atoms with E-state index in [0.717, 1.165) is 50.9 Å². The third-order valence-electron chi connectivity index (χ3n) is 6.23. The molecule has 1 saturated heterocycles. The highest BCUT2D eigenvalue weighted by atomic mass is 16.5. The monoisotopic (exact) mass is 346 g/mol. The number of nitrogens with zero attached hydrogens (tertiary/aromatic N) is 3. The normalized spacial score (nSPS) is 29.3. The quantitative estimate of drug-likeness (QED) is 0.901. The number of hydrogen-bond donors (Lipinski definition) is 1. The summed E-state index contributed by atoms with van der Waals surface area (Å²) >= 11 is 0. The van der Waals surface area contributed by atoms with Gasteiger partial charge in [-0.25, -0.2) is 0 Å². The summed E-state index contributed by atoms with van der Waals surface area (Å²) in [7, 11) is 1.98. The van der Waals surface area contributed by atoms with Crippen LogP contribution in [0.25, 0.3) is 0 Å². The van der Waals surface area contributed by atoms with Gasteiger partial charge in [0, 0.05) is 49.4 Å². The van der Waals surface area contributed by atoms with Crippen molar-refractivity contribution in [3.63, 3.8) is 0 Å². The first-order valence-corrected chi connectivity index (χ1v) is 9.69. The molecule has 1 aromatic rings. The molecule has 0 aromatic carbocycles. The van der Waals surface area contributed by atoms with Crippen LogP contribution in [0.5, 0.6) is 0 Å². The largest absolute Gasteiger partial charge is 0.375 e. The number of carbonyl (C=O) groups is 1. The van der Waals surface area contributed by atoms with Gasteiger partial charge in [0.15, 0.2) is 0 Å². The molecule has 1 aliphatic heterocycles. The standard InChI is InChI=1S/C19H30N4O2/c1-12-16(13(2)22(3)21-12)11-23(15-5-6-15)19(24)14-4-7-18-17(10-14)20-8-9-25-18/h14-15,17-18,20H,4-11H2,1-3H3/t14-,17+,18+/m0/s1. The topological polar surface area (TPSA) is 59.4 Å². The Morgan fingerprint density at radius 2 is 2.12 bits per heavy atom. The molecule has 25 heavy (non-hydrogen) atoms. The average Bonchev–Trinajstić information content (AvgIpc) is 3.42. The third kappa shape index (κ3) is 3.34. The molecule has 3 fully saturated rings. The first-order valence-electron chi connectivity index (χ1n) is 9.69. The Balaban J connectivity index is 1.48. The molecule has 4 rings (SSSR count). The van der Waals surface area contributed by atoms with Gasteiger partial charge in [0.25, 0.3) is 0 Å². The third-order valence-corrected chi connectivity index (χ3v) is 6.23. The fourth-order valence-electron chi connectivity index (χ4n) is 4.46. The van der Waals surface area contributed by atoms with Gasteiger partial charge in [0.05, 0.1) is 18.4 Å². The van der Waals surface area contributed by atoms with Crippen LogP contribution in [0.15, 0.2) is 0 Å². The second-order valence-corrected chi connectivity index (χ2v) is 7.95. The number of aromatic nitrogens is 2. The minimum Gasteiger partial charge on any atom is -0.375 e. The van der Waals surface area contributed by atoms with E-state index in [0.29, 0.717) is 30.6 Å². The lowest BCUT2D eigenvalue weighted by Gasteiger charge is -2.40. The second-order valence-electron chi connectivity index (χ2n) is 7.95. The summed E-state index contributed by atoms with van der Waals surface area (Å²) in [6, 6.07) is 0.777. The molecule has 2 saturated carbocycles. The van der Waals surface area contributed by atoms with Crippen LogP contribution >= 0.6 is 0 Å². The van der Waals surface area contributed by atoms with Crippen LogP contribution in [0.1, 0.15) is 49.1 Å². The predicted octanol–water partition coefficient (Wildman–Crippen LogP) is 1.69. The molecule has 6 nitrogen and oxygen atoms in total. The predicted molar refractivity (Wildman–Crippen MR) is 95.1 cm³/mol. The van der Waals surface area contributed by atoms with Crippen molar-refractivity contribution in [2.75, 3.05) is 13.2 Å². The fraction of sp³-hybridized carbons (Fsp3) is 0.789. The number of fused-ring (bicyclic) bond motifs is 1. The fourth-order valence-corrected chi connectivity index (χ4v) is 4.46. The Morgan fingerprint density at radius 1 is 1.32 bits per heavy atom. The van der Waals surface area contributed by atoms with E-state index >= 15 is 0 Å². The maximum Gasteiger partial charge on any atom is 0.226 e. The smallest absolute Gasteiger partial charge is 0.226 e. The van der Waals surface area contributed by atoms with Crippen molar-refractivity contribution >= 4 is 5.91 Å². The molecular weight excluding hydrogens is 316 g/mol. The SMILES string of the molecule is Cc1nn(C)c(C)c1CN(C(=O)[C@H]1CC[C@H]2OCCN[C@@H]2C1)C1CC1. The first-order chi connectivity index (χ1) is 12.0. The number of nitrogens with one attached hydrogen (secondary N) is 1. The van der Waals surface area contributed by atoms with Gasteiger partial charge in [-0.15, -0.1) is 0 Å². The van der Waals surface area contributed by atoms with Crippen molar-refractivity contribution in [1.29, 1.82) is 0 Å². The van der Waals surface area contributed by atoms with Gasteiger partial charge in [-0.1, -0.05) is 0 Å². The molecule has 6 heteroatoms. The Bertz CT molecular complexity index is 652. The van der Waals surface area contributed by atoms with Crippen LogP contribution in [0.2, 0.25) is 0 Å². The Kier molecular flexibility index (Phi) is 4.58. The minimum absolute atomic E-state index is 0.133. The lowest BCUT2D eigenvalue weighted by atomic mass is 9.82. The summed E-state index contributed by atoms with van der Waals surface area (Å²) in [4.78, 5) is 15.5. The van der Waals surface area contributed by atoms with Gasteiger partial charge in [-0.3, -0.25) is 9.48 Å². The zero-order valence-corrected chi connectivity index (χ0v) is 15.6. The highest BCUT2D eigenvalue weighted by Gasteiger charge is 2.41. The van der Waals surface area contributed by atoms with E-state index in [9.17, 15) is 4.79 Å². The molecule has 3 aliphatic rings. The summed E-state index contributed by atoms with van der Waals surface area (Å²) in [6.07, 6.45) is 5.45. The number of amides is 1.